The minimum absolute atomic E-state index is 0. The zero-order chi connectivity index (χ0) is 11.0. The number of hydrogen-bond donors (Lipinski definition) is 1. The van der Waals surface area contributed by atoms with Gasteiger partial charge in [0, 0.05) is 20.6 Å². The highest BCUT2D eigenvalue weighted by Gasteiger charge is 2.21. The van der Waals surface area contributed by atoms with E-state index in [0.717, 1.165) is 10.8 Å². The van der Waals surface area contributed by atoms with Crippen LogP contribution in [0.15, 0.2) is 29.6 Å². The average molecular weight is 379 g/mol. The summed E-state index contributed by atoms with van der Waals surface area (Å²) in [5, 5.41) is 6.59. The number of nitrogens with zero attached hydrogens (tertiary/aromatic N) is 1. The molecule has 0 saturated heterocycles. The fraction of sp³-hybridized carbons (Fsp3) is 0.250. The summed E-state index contributed by atoms with van der Waals surface area (Å²) < 4.78 is 1.26. The molecule has 1 aromatic carbocycles. The normalized spacial score (nSPS) is 14.2. The van der Waals surface area contributed by atoms with Gasteiger partial charge in [-0.3, -0.25) is 0 Å². The Kier molecular flexibility index (Phi) is 4.27. The Morgan fingerprint density at radius 2 is 1.94 bits per heavy atom. The Morgan fingerprint density at radius 1 is 1.24 bits per heavy atom. The number of thiazole rings is 1. The standard InChI is InChI=1S/C12H11IN2S.ClH/c13-9-3-1-8(2-4-9)11-7-16-12(15-11)14-10-5-6-10;/h1-4,7,10H,5-6H2,(H,14,15);1H. The Bertz CT molecular complexity index is 493. The zero-order valence-corrected chi connectivity index (χ0v) is 12.8. The van der Waals surface area contributed by atoms with E-state index in [-0.39, 0.29) is 12.4 Å². The summed E-state index contributed by atoms with van der Waals surface area (Å²) in [6, 6.07) is 9.15. The monoisotopic (exact) mass is 378 g/mol. The highest BCUT2D eigenvalue weighted by atomic mass is 127. The fourth-order valence-corrected chi connectivity index (χ4v) is 2.65. The molecule has 0 spiro atoms. The van der Waals surface area contributed by atoms with E-state index in [4.69, 9.17) is 0 Å². The molecule has 1 heterocycles. The van der Waals surface area contributed by atoms with Crippen LogP contribution < -0.4 is 5.32 Å². The molecule has 2 aromatic rings. The lowest BCUT2D eigenvalue weighted by atomic mass is 10.2. The summed E-state index contributed by atoms with van der Waals surface area (Å²) in [4.78, 5) is 4.60. The topological polar surface area (TPSA) is 24.9 Å². The molecule has 17 heavy (non-hydrogen) atoms. The van der Waals surface area contributed by atoms with Crippen LogP contribution in [0.1, 0.15) is 12.8 Å². The molecule has 1 aliphatic carbocycles. The Balaban J connectivity index is 0.00000108. The lowest BCUT2D eigenvalue weighted by molar-refractivity contribution is 1.14. The van der Waals surface area contributed by atoms with Crippen molar-refractivity contribution in [1.82, 2.24) is 4.98 Å². The van der Waals surface area contributed by atoms with Crippen LogP contribution >= 0.6 is 46.3 Å². The van der Waals surface area contributed by atoms with Gasteiger partial charge in [-0.25, -0.2) is 4.98 Å². The van der Waals surface area contributed by atoms with Gasteiger partial charge in [0.2, 0.25) is 0 Å². The van der Waals surface area contributed by atoms with Crippen LogP contribution in [-0.4, -0.2) is 11.0 Å². The van der Waals surface area contributed by atoms with Gasteiger partial charge in [-0.2, -0.15) is 0 Å². The number of hydrogen-bond acceptors (Lipinski definition) is 3. The van der Waals surface area contributed by atoms with E-state index in [2.05, 4.69) is 62.5 Å². The van der Waals surface area contributed by atoms with Crippen LogP contribution in [-0.2, 0) is 0 Å². The van der Waals surface area contributed by atoms with E-state index >= 15 is 0 Å². The summed E-state index contributed by atoms with van der Waals surface area (Å²) in [7, 11) is 0. The van der Waals surface area contributed by atoms with E-state index in [9.17, 15) is 0 Å². The number of aromatic nitrogens is 1. The van der Waals surface area contributed by atoms with Gasteiger partial charge < -0.3 is 5.32 Å². The Hall–Kier alpha value is -0.330. The summed E-state index contributed by atoms with van der Waals surface area (Å²) >= 11 is 4.01. The molecule has 2 nitrogen and oxygen atoms in total. The van der Waals surface area contributed by atoms with E-state index in [0.29, 0.717) is 6.04 Å². The van der Waals surface area contributed by atoms with E-state index in [1.807, 2.05) is 0 Å². The number of anilines is 1. The molecule has 90 valence electrons. The first-order valence-electron chi connectivity index (χ1n) is 5.29. The van der Waals surface area contributed by atoms with Crippen molar-refractivity contribution >= 4 is 51.5 Å². The van der Waals surface area contributed by atoms with Gasteiger partial charge in [0.1, 0.15) is 0 Å². The van der Waals surface area contributed by atoms with Crippen molar-refractivity contribution in [2.75, 3.05) is 5.32 Å². The number of rotatable bonds is 3. The van der Waals surface area contributed by atoms with Gasteiger partial charge in [0.05, 0.1) is 5.69 Å². The van der Waals surface area contributed by atoms with Gasteiger partial charge in [0.15, 0.2) is 5.13 Å². The molecule has 1 saturated carbocycles. The molecule has 0 amide bonds. The Labute approximate surface area is 124 Å². The average Bonchev–Trinajstić information content (AvgIpc) is 2.97. The molecule has 1 N–H and O–H groups in total. The maximum absolute atomic E-state index is 4.60. The second kappa shape index (κ2) is 5.54. The van der Waals surface area contributed by atoms with E-state index in [1.54, 1.807) is 11.3 Å². The maximum atomic E-state index is 4.60. The molecule has 5 heteroatoms. The molecule has 0 unspecified atom stereocenters. The lowest BCUT2D eigenvalue weighted by Gasteiger charge is -1.98. The van der Waals surface area contributed by atoms with Gasteiger partial charge in [-0.15, -0.1) is 23.7 Å². The minimum atomic E-state index is 0. The summed E-state index contributed by atoms with van der Waals surface area (Å²) in [6.07, 6.45) is 2.58. The van der Waals surface area contributed by atoms with Crippen molar-refractivity contribution in [3.8, 4) is 11.3 Å². The van der Waals surface area contributed by atoms with Crippen molar-refractivity contribution in [2.24, 2.45) is 0 Å². The fourth-order valence-electron chi connectivity index (χ4n) is 1.50. The highest BCUT2D eigenvalue weighted by molar-refractivity contribution is 14.1. The molecular formula is C12H12ClIN2S. The summed E-state index contributed by atoms with van der Waals surface area (Å²) in [5.74, 6) is 0. The van der Waals surface area contributed by atoms with Crippen molar-refractivity contribution in [3.63, 3.8) is 0 Å². The zero-order valence-electron chi connectivity index (χ0n) is 9.02. The molecule has 0 bridgehead atoms. The van der Waals surface area contributed by atoms with Gasteiger partial charge >= 0.3 is 0 Å². The number of nitrogens with one attached hydrogen (secondary N) is 1. The van der Waals surface area contributed by atoms with Crippen LogP contribution in [0, 0.1) is 3.57 Å². The van der Waals surface area contributed by atoms with Crippen molar-refractivity contribution in [3.05, 3.63) is 33.2 Å². The third-order valence-corrected chi connectivity index (χ3v) is 4.04. The predicted molar refractivity (Wildman–Crippen MR) is 84.2 cm³/mol. The van der Waals surface area contributed by atoms with Gasteiger partial charge in [0.25, 0.3) is 0 Å². The molecule has 1 fully saturated rings. The minimum Gasteiger partial charge on any atom is -0.359 e. The van der Waals surface area contributed by atoms with E-state index < -0.39 is 0 Å². The van der Waals surface area contributed by atoms with Crippen LogP contribution in [0.5, 0.6) is 0 Å². The summed E-state index contributed by atoms with van der Waals surface area (Å²) in [6.45, 7) is 0. The Morgan fingerprint density at radius 3 is 2.59 bits per heavy atom. The largest absolute Gasteiger partial charge is 0.359 e. The van der Waals surface area contributed by atoms with Crippen molar-refractivity contribution in [2.45, 2.75) is 18.9 Å². The third-order valence-electron chi connectivity index (χ3n) is 2.55. The molecule has 1 aliphatic rings. The molecular weight excluding hydrogens is 367 g/mol. The molecule has 3 rings (SSSR count). The quantitative estimate of drug-likeness (QED) is 0.800. The summed E-state index contributed by atoms with van der Waals surface area (Å²) in [5.41, 5.74) is 2.27. The van der Waals surface area contributed by atoms with Crippen molar-refractivity contribution < 1.29 is 0 Å². The first-order valence-corrected chi connectivity index (χ1v) is 7.25. The van der Waals surface area contributed by atoms with Gasteiger partial charge in [-0.1, -0.05) is 12.1 Å². The molecule has 0 aliphatic heterocycles. The molecule has 0 atom stereocenters. The van der Waals surface area contributed by atoms with Crippen LogP contribution in [0.4, 0.5) is 5.13 Å². The second-order valence-electron chi connectivity index (χ2n) is 3.96. The third kappa shape index (κ3) is 3.33. The first kappa shape index (κ1) is 13.1. The predicted octanol–water partition coefficient (Wildman–Crippen LogP) is 4.41. The first-order chi connectivity index (χ1) is 7.81. The number of benzene rings is 1. The SMILES string of the molecule is Cl.Ic1ccc(-c2csc(NC3CC3)n2)cc1. The number of halogens is 2. The van der Waals surface area contributed by atoms with Gasteiger partial charge in [-0.05, 0) is 47.6 Å². The van der Waals surface area contributed by atoms with E-state index in [1.165, 1.54) is 22.0 Å². The molecule has 1 aromatic heterocycles. The lowest BCUT2D eigenvalue weighted by Crippen LogP contribution is -1.99. The van der Waals surface area contributed by atoms with Crippen molar-refractivity contribution in [1.29, 1.82) is 0 Å². The maximum Gasteiger partial charge on any atom is 0.183 e. The smallest absolute Gasteiger partial charge is 0.183 e. The molecule has 0 radical (unpaired) electrons. The van der Waals surface area contributed by atoms with Crippen LogP contribution in [0.2, 0.25) is 0 Å². The highest BCUT2D eigenvalue weighted by Crippen LogP contribution is 2.29. The van der Waals surface area contributed by atoms with Crippen LogP contribution in [0.3, 0.4) is 0 Å². The van der Waals surface area contributed by atoms with Crippen LogP contribution in [0.25, 0.3) is 11.3 Å². The second-order valence-corrected chi connectivity index (χ2v) is 6.07.